The number of Topliss-reactive ketones (excluding diaryl/α,β-unsaturated/α-hetero) is 2. The van der Waals surface area contributed by atoms with E-state index < -0.39 is 22.2 Å². The van der Waals surface area contributed by atoms with Crippen LogP contribution in [0.2, 0.25) is 0 Å². The van der Waals surface area contributed by atoms with E-state index in [2.05, 4.69) is 47.6 Å². The standard InChI is InChI=1S/C33H51NO4/c1-28(2)13-10-11-23(35)19-25-32(8)20-22(21-34)26(36)30(5,6)24(32)12-14-33(25,9)29(3,4)16-18-31(7,17-15-28)27(37)38/h20,24-25H,10-19H2,1-9H3,(H,37,38)/t24-,25+,31-,32-,33+/m0/s1. The smallest absolute Gasteiger partial charge is 0.309 e. The fourth-order valence-electron chi connectivity index (χ4n) is 8.46. The van der Waals surface area contributed by atoms with Gasteiger partial charge in [-0.15, -0.1) is 0 Å². The van der Waals surface area contributed by atoms with Crippen molar-refractivity contribution < 1.29 is 19.5 Å². The van der Waals surface area contributed by atoms with Gasteiger partial charge in [0.2, 0.25) is 0 Å². The number of rotatable bonds is 1. The second-order valence-electron chi connectivity index (χ2n) is 15.7. The molecule has 3 aliphatic rings. The van der Waals surface area contributed by atoms with Crippen molar-refractivity contribution in [1.29, 1.82) is 5.26 Å². The predicted molar refractivity (Wildman–Crippen MR) is 150 cm³/mol. The van der Waals surface area contributed by atoms with Crippen molar-refractivity contribution in [3.05, 3.63) is 11.6 Å². The quantitative estimate of drug-likeness (QED) is 0.375. The van der Waals surface area contributed by atoms with Gasteiger partial charge in [-0.05, 0) is 91.8 Å². The van der Waals surface area contributed by atoms with Gasteiger partial charge in [0, 0.05) is 18.3 Å². The highest BCUT2D eigenvalue weighted by atomic mass is 16.4. The molecule has 38 heavy (non-hydrogen) atoms. The monoisotopic (exact) mass is 525 g/mol. The van der Waals surface area contributed by atoms with E-state index in [1.807, 2.05) is 26.8 Å². The van der Waals surface area contributed by atoms with Crippen LogP contribution in [-0.2, 0) is 14.4 Å². The van der Waals surface area contributed by atoms with Gasteiger partial charge in [-0.1, -0.05) is 61.5 Å². The number of allylic oxidation sites excluding steroid dienone is 2. The molecule has 0 aromatic heterocycles. The first-order valence-corrected chi connectivity index (χ1v) is 14.7. The number of ketones is 2. The lowest BCUT2D eigenvalue weighted by molar-refractivity contribution is -0.158. The van der Waals surface area contributed by atoms with E-state index in [4.69, 9.17) is 0 Å². The molecule has 0 radical (unpaired) electrons. The number of nitrogens with zero attached hydrogens (tertiary/aromatic N) is 1. The number of carbonyl (C=O) groups is 3. The summed E-state index contributed by atoms with van der Waals surface area (Å²) < 4.78 is 0. The highest BCUT2D eigenvalue weighted by Crippen LogP contribution is 2.68. The third-order valence-electron chi connectivity index (χ3n) is 12.0. The molecule has 5 nitrogen and oxygen atoms in total. The summed E-state index contributed by atoms with van der Waals surface area (Å²) in [5.74, 6) is -0.541. The van der Waals surface area contributed by atoms with Gasteiger partial charge in [0.05, 0.1) is 11.0 Å². The van der Waals surface area contributed by atoms with Crippen LogP contribution >= 0.6 is 0 Å². The van der Waals surface area contributed by atoms with Gasteiger partial charge in [0.1, 0.15) is 11.9 Å². The number of aliphatic carboxylic acids is 1. The summed E-state index contributed by atoms with van der Waals surface area (Å²) in [5.41, 5.74) is -2.25. The van der Waals surface area contributed by atoms with Crippen LogP contribution in [0.15, 0.2) is 11.6 Å². The van der Waals surface area contributed by atoms with Gasteiger partial charge < -0.3 is 5.11 Å². The number of carboxylic acid groups (broad SMARTS) is 1. The van der Waals surface area contributed by atoms with Crippen molar-refractivity contribution in [2.45, 2.75) is 127 Å². The normalized spacial score (nSPS) is 39.5. The molecule has 2 saturated carbocycles. The van der Waals surface area contributed by atoms with Gasteiger partial charge in [-0.2, -0.15) is 5.26 Å². The average molecular weight is 526 g/mol. The maximum atomic E-state index is 13.6. The number of nitriles is 1. The molecule has 1 N–H and O–H groups in total. The molecule has 0 bridgehead atoms. The van der Waals surface area contributed by atoms with Crippen LogP contribution in [0.25, 0.3) is 0 Å². The topological polar surface area (TPSA) is 95.2 Å². The van der Waals surface area contributed by atoms with Crippen LogP contribution in [0.4, 0.5) is 0 Å². The lowest BCUT2D eigenvalue weighted by atomic mass is 9.39. The second kappa shape index (κ2) is 9.90. The Hall–Kier alpha value is -1.96. The Morgan fingerprint density at radius 3 is 2.08 bits per heavy atom. The van der Waals surface area contributed by atoms with E-state index in [1.54, 1.807) is 0 Å². The van der Waals surface area contributed by atoms with Crippen molar-refractivity contribution in [2.75, 3.05) is 0 Å². The van der Waals surface area contributed by atoms with Crippen LogP contribution in [-0.4, -0.2) is 22.6 Å². The zero-order chi connectivity index (χ0) is 28.9. The van der Waals surface area contributed by atoms with Gasteiger partial charge in [-0.25, -0.2) is 0 Å². The third kappa shape index (κ3) is 5.14. The molecule has 2 fully saturated rings. The Kier molecular flexibility index (Phi) is 7.97. The Balaban J connectivity index is 2.15. The van der Waals surface area contributed by atoms with Crippen molar-refractivity contribution in [3.63, 3.8) is 0 Å². The van der Waals surface area contributed by atoms with E-state index in [0.717, 1.165) is 38.5 Å². The van der Waals surface area contributed by atoms with Crippen LogP contribution in [0.3, 0.4) is 0 Å². The van der Waals surface area contributed by atoms with Gasteiger partial charge in [0.15, 0.2) is 5.78 Å². The van der Waals surface area contributed by atoms with Crippen molar-refractivity contribution in [3.8, 4) is 6.07 Å². The van der Waals surface area contributed by atoms with Crippen LogP contribution in [0, 0.1) is 55.7 Å². The Morgan fingerprint density at radius 2 is 1.50 bits per heavy atom. The maximum Gasteiger partial charge on any atom is 0.309 e. The molecular formula is C33H51NO4. The van der Waals surface area contributed by atoms with Gasteiger partial charge in [-0.3, -0.25) is 14.4 Å². The molecule has 0 aromatic rings. The fraction of sp³-hybridized carbons (Fsp3) is 0.818. The third-order valence-corrected chi connectivity index (χ3v) is 12.0. The predicted octanol–water partition coefficient (Wildman–Crippen LogP) is 7.93. The Labute approximate surface area is 230 Å². The summed E-state index contributed by atoms with van der Waals surface area (Å²) in [6.45, 7) is 19.2. The zero-order valence-electron chi connectivity index (χ0n) is 25.4. The molecule has 5 atom stereocenters. The lowest BCUT2D eigenvalue weighted by Crippen LogP contribution is -2.60. The average Bonchev–Trinajstić information content (AvgIpc) is 2.80. The van der Waals surface area contributed by atoms with Crippen molar-refractivity contribution >= 4 is 17.5 Å². The van der Waals surface area contributed by atoms with Gasteiger partial charge in [0.25, 0.3) is 0 Å². The van der Waals surface area contributed by atoms with E-state index in [-0.39, 0.29) is 45.2 Å². The second-order valence-corrected chi connectivity index (χ2v) is 15.7. The molecule has 3 rings (SSSR count). The SMILES string of the molecule is CC1(C)CCCC(=O)C[C@@H]2[C@@]3(C)C=C(C#N)C(=O)C(C)(C)[C@@H]3CC[C@@]2(C)C(C)(C)CC[C@@](C)(C(=O)O)CC1. The Morgan fingerprint density at radius 1 is 0.895 bits per heavy atom. The molecule has 0 aliphatic heterocycles. The first-order chi connectivity index (χ1) is 17.3. The molecule has 0 unspecified atom stereocenters. The number of carboxylic acids is 1. The largest absolute Gasteiger partial charge is 0.481 e. The minimum absolute atomic E-state index is 0.0226. The van der Waals surface area contributed by atoms with Crippen molar-refractivity contribution in [2.24, 2.45) is 44.3 Å². The Bertz CT molecular complexity index is 1060. The van der Waals surface area contributed by atoms with Gasteiger partial charge >= 0.3 is 5.97 Å². The minimum Gasteiger partial charge on any atom is -0.481 e. The number of fused-ring (bicyclic) bond motifs is 3. The summed E-state index contributed by atoms with van der Waals surface area (Å²) in [4.78, 5) is 39.4. The number of hydrogen-bond acceptors (Lipinski definition) is 4. The molecule has 0 heterocycles. The van der Waals surface area contributed by atoms with Crippen LogP contribution in [0.1, 0.15) is 127 Å². The molecule has 0 saturated heterocycles. The van der Waals surface area contributed by atoms with Crippen molar-refractivity contribution in [1.82, 2.24) is 0 Å². The summed E-state index contributed by atoms with van der Waals surface area (Å²) in [6, 6.07) is 2.18. The molecule has 3 aliphatic carbocycles. The number of hydrogen-bond donors (Lipinski definition) is 1. The number of carbonyl (C=O) groups excluding carboxylic acids is 2. The fourth-order valence-corrected chi connectivity index (χ4v) is 8.46. The lowest BCUT2D eigenvalue weighted by Gasteiger charge is -2.64. The van der Waals surface area contributed by atoms with E-state index in [0.29, 0.717) is 25.7 Å². The first kappa shape index (κ1) is 30.6. The molecular weight excluding hydrogens is 474 g/mol. The summed E-state index contributed by atoms with van der Waals surface area (Å²) in [5, 5.41) is 20.2. The molecule has 0 amide bonds. The van der Waals surface area contributed by atoms with E-state index >= 15 is 0 Å². The molecule has 0 spiro atoms. The molecule has 5 heteroatoms. The van der Waals surface area contributed by atoms with E-state index in [9.17, 15) is 24.8 Å². The van der Waals surface area contributed by atoms with Crippen LogP contribution in [0.5, 0.6) is 0 Å². The van der Waals surface area contributed by atoms with Crippen LogP contribution < -0.4 is 0 Å². The highest BCUT2D eigenvalue weighted by Gasteiger charge is 2.63. The van der Waals surface area contributed by atoms with E-state index in [1.165, 1.54) is 0 Å². The minimum atomic E-state index is -0.797. The zero-order valence-corrected chi connectivity index (χ0v) is 25.4. The maximum absolute atomic E-state index is 13.6. The summed E-state index contributed by atoms with van der Waals surface area (Å²) >= 11 is 0. The molecule has 212 valence electrons. The summed E-state index contributed by atoms with van der Waals surface area (Å²) in [6.07, 6.45) is 9.07. The summed E-state index contributed by atoms with van der Waals surface area (Å²) in [7, 11) is 0. The molecule has 0 aromatic carbocycles. The highest BCUT2D eigenvalue weighted by molar-refractivity contribution is 6.04. The first-order valence-electron chi connectivity index (χ1n) is 14.7.